The average Bonchev–Trinajstić information content (AvgIpc) is 2.78. The van der Waals surface area contributed by atoms with Crippen LogP contribution < -0.4 is 0 Å². The summed E-state index contributed by atoms with van der Waals surface area (Å²) in [5.74, 6) is -2.81. The van der Waals surface area contributed by atoms with Crippen LogP contribution in [0.5, 0.6) is 0 Å². The van der Waals surface area contributed by atoms with Gasteiger partial charge in [-0.25, -0.2) is 14.4 Å². The third-order valence-corrected chi connectivity index (χ3v) is 2.85. The Morgan fingerprint density at radius 1 is 0.528 bits per heavy atom. The molecular formula is C24H50O12. The van der Waals surface area contributed by atoms with Crippen LogP contribution in [-0.4, -0.2) is 104 Å². The Kier molecular flexibility index (Phi) is 55.3. The van der Waals surface area contributed by atoms with E-state index in [0.717, 1.165) is 0 Å². The number of hydrogen-bond acceptors (Lipinski definition) is 9. The summed E-state index contributed by atoms with van der Waals surface area (Å²) < 4.78 is 0. The second-order valence-corrected chi connectivity index (χ2v) is 6.53. The van der Waals surface area contributed by atoms with Crippen LogP contribution >= 0.6 is 0 Å². The van der Waals surface area contributed by atoms with Crippen LogP contribution in [-0.2, 0) is 14.4 Å². The standard InChI is InChI=1S/C6H14O3.3C4H6O2.3C2H6O/c1-2-6(3-7,4-8)5-9;3*1-3(2)4(5)6;3*1-2-3/h7-9H,2-5H2,1H3;3*1H2,2H3,(H,5,6);3*3H,2H2,1H3. The maximum absolute atomic E-state index is 9.60. The van der Waals surface area contributed by atoms with Crippen molar-refractivity contribution in [2.24, 2.45) is 5.41 Å². The van der Waals surface area contributed by atoms with E-state index in [1.165, 1.54) is 20.8 Å². The molecule has 218 valence electrons. The van der Waals surface area contributed by atoms with Gasteiger partial charge in [-0.1, -0.05) is 26.7 Å². The molecule has 0 aliphatic rings. The normalized spacial score (nSPS) is 8.25. The first-order chi connectivity index (χ1) is 16.4. The largest absolute Gasteiger partial charge is 0.478 e. The molecule has 0 fully saturated rings. The monoisotopic (exact) mass is 530 g/mol. The zero-order valence-corrected chi connectivity index (χ0v) is 22.8. The van der Waals surface area contributed by atoms with Crippen LogP contribution in [0.3, 0.4) is 0 Å². The lowest BCUT2D eigenvalue weighted by atomic mass is 9.88. The number of carboxylic acid groups (broad SMARTS) is 3. The Labute approximate surface area is 215 Å². The topological polar surface area (TPSA) is 233 Å². The lowest BCUT2D eigenvalue weighted by Gasteiger charge is -2.24. The maximum atomic E-state index is 9.60. The van der Waals surface area contributed by atoms with Gasteiger partial charge in [0.2, 0.25) is 0 Å². The third kappa shape index (κ3) is 63.4. The van der Waals surface area contributed by atoms with Crippen molar-refractivity contribution in [2.75, 3.05) is 39.6 Å². The molecule has 12 nitrogen and oxygen atoms in total. The SMILES string of the molecule is C=C(C)C(=O)O.C=C(C)C(=O)O.C=C(C)C(=O)O.CCC(CO)(CO)CO.CCO.CCO.CCO. The van der Waals surface area contributed by atoms with E-state index in [0.29, 0.717) is 6.42 Å². The van der Waals surface area contributed by atoms with Crippen molar-refractivity contribution in [2.45, 2.75) is 54.9 Å². The Morgan fingerprint density at radius 3 is 0.639 bits per heavy atom. The first kappa shape index (κ1) is 50.3. The van der Waals surface area contributed by atoms with Gasteiger partial charge in [0.25, 0.3) is 0 Å². The highest BCUT2D eigenvalue weighted by molar-refractivity contribution is 5.85. The van der Waals surface area contributed by atoms with Gasteiger partial charge >= 0.3 is 17.9 Å². The van der Waals surface area contributed by atoms with E-state index < -0.39 is 23.3 Å². The molecule has 0 aromatic rings. The summed E-state index contributed by atoms with van der Waals surface area (Å²) in [4.78, 5) is 28.8. The Balaban J connectivity index is -0.0000000567. The second-order valence-electron chi connectivity index (χ2n) is 6.53. The van der Waals surface area contributed by atoms with Crippen molar-refractivity contribution in [1.82, 2.24) is 0 Å². The molecule has 0 aromatic carbocycles. The van der Waals surface area contributed by atoms with E-state index in [1.807, 2.05) is 6.92 Å². The van der Waals surface area contributed by atoms with Crippen molar-refractivity contribution in [3.63, 3.8) is 0 Å². The quantitative estimate of drug-likeness (QED) is 0.212. The summed E-state index contributed by atoms with van der Waals surface area (Å²) in [6, 6.07) is 0. The van der Waals surface area contributed by atoms with Crippen molar-refractivity contribution in [3.8, 4) is 0 Å². The fourth-order valence-corrected chi connectivity index (χ4v) is 0.485. The third-order valence-electron chi connectivity index (χ3n) is 2.85. The summed E-state index contributed by atoms with van der Waals surface area (Å²) in [6.45, 7) is 21.0. The van der Waals surface area contributed by atoms with Crippen molar-refractivity contribution < 1.29 is 60.3 Å². The number of aliphatic hydroxyl groups excluding tert-OH is 6. The van der Waals surface area contributed by atoms with Gasteiger partial charge in [0, 0.05) is 42.0 Å². The first-order valence-corrected chi connectivity index (χ1v) is 10.7. The van der Waals surface area contributed by atoms with Crippen molar-refractivity contribution >= 4 is 17.9 Å². The molecule has 0 spiro atoms. The van der Waals surface area contributed by atoms with Crippen LogP contribution in [0.25, 0.3) is 0 Å². The van der Waals surface area contributed by atoms with E-state index in [2.05, 4.69) is 19.7 Å². The summed E-state index contributed by atoms with van der Waals surface area (Å²) in [5, 5.41) is 72.4. The van der Waals surface area contributed by atoms with Gasteiger partial charge in [-0.2, -0.15) is 0 Å². The van der Waals surface area contributed by atoms with Gasteiger partial charge in [0.1, 0.15) is 0 Å². The molecule has 0 bridgehead atoms. The van der Waals surface area contributed by atoms with Crippen molar-refractivity contribution in [3.05, 3.63) is 36.5 Å². The first-order valence-electron chi connectivity index (χ1n) is 10.7. The van der Waals surface area contributed by atoms with Gasteiger partial charge in [0.15, 0.2) is 0 Å². The van der Waals surface area contributed by atoms with Crippen LogP contribution in [0.4, 0.5) is 0 Å². The fourth-order valence-electron chi connectivity index (χ4n) is 0.485. The molecule has 0 amide bonds. The molecule has 0 aliphatic carbocycles. The van der Waals surface area contributed by atoms with Gasteiger partial charge in [0.05, 0.1) is 19.8 Å². The highest BCUT2D eigenvalue weighted by Crippen LogP contribution is 2.18. The van der Waals surface area contributed by atoms with Gasteiger partial charge in [-0.3, -0.25) is 0 Å². The minimum absolute atomic E-state index is 0.156. The van der Waals surface area contributed by atoms with E-state index in [4.69, 9.17) is 46.0 Å². The molecule has 0 saturated carbocycles. The zero-order chi connectivity index (χ0) is 30.9. The number of aliphatic carboxylic acids is 3. The average molecular weight is 531 g/mol. The van der Waals surface area contributed by atoms with Crippen LogP contribution in [0, 0.1) is 5.41 Å². The van der Waals surface area contributed by atoms with E-state index >= 15 is 0 Å². The predicted molar refractivity (Wildman–Crippen MR) is 140 cm³/mol. The molecule has 0 rings (SSSR count). The highest BCUT2D eigenvalue weighted by Gasteiger charge is 2.24. The summed E-state index contributed by atoms with van der Waals surface area (Å²) >= 11 is 0. The molecule has 0 aliphatic heterocycles. The molecular weight excluding hydrogens is 480 g/mol. The Bertz CT molecular complexity index is 438. The Hall–Kier alpha value is -2.61. The van der Waals surface area contributed by atoms with Crippen LogP contribution in [0.15, 0.2) is 36.5 Å². The van der Waals surface area contributed by atoms with Crippen LogP contribution in [0.1, 0.15) is 54.9 Å². The highest BCUT2D eigenvalue weighted by atomic mass is 16.4. The van der Waals surface area contributed by atoms with E-state index in [9.17, 15) is 14.4 Å². The number of hydrogen-bond donors (Lipinski definition) is 9. The van der Waals surface area contributed by atoms with Crippen LogP contribution in [0.2, 0.25) is 0 Å². The Morgan fingerprint density at radius 2 is 0.639 bits per heavy atom. The van der Waals surface area contributed by atoms with Gasteiger partial charge in [-0.15, -0.1) is 0 Å². The molecule has 12 heteroatoms. The maximum Gasteiger partial charge on any atom is 0.330 e. The molecule has 9 N–H and O–H groups in total. The smallest absolute Gasteiger partial charge is 0.330 e. The minimum Gasteiger partial charge on any atom is -0.478 e. The van der Waals surface area contributed by atoms with Crippen molar-refractivity contribution in [1.29, 1.82) is 0 Å². The number of rotatable bonds is 7. The molecule has 0 radical (unpaired) electrons. The van der Waals surface area contributed by atoms with E-state index in [1.54, 1.807) is 20.8 Å². The lowest BCUT2D eigenvalue weighted by Crippen LogP contribution is -2.32. The minimum atomic E-state index is -0.935. The fraction of sp³-hybridized carbons (Fsp3) is 0.625. The number of aliphatic hydroxyl groups is 6. The van der Waals surface area contributed by atoms with Gasteiger partial charge in [-0.05, 0) is 48.0 Å². The summed E-state index contributed by atoms with van der Waals surface area (Å²) in [5.41, 5.74) is -0.139. The number of carbonyl (C=O) groups is 3. The molecule has 0 aromatic heterocycles. The molecule has 0 heterocycles. The second kappa shape index (κ2) is 39.6. The summed E-state index contributed by atoms with van der Waals surface area (Å²) in [7, 11) is 0. The zero-order valence-electron chi connectivity index (χ0n) is 22.8. The molecule has 0 saturated heterocycles. The lowest BCUT2D eigenvalue weighted by molar-refractivity contribution is -0.133. The van der Waals surface area contributed by atoms with E-state index in [-0.39, 0.29) is 56.4 Å². The number of carboxylic acids is 3. The molecule has 36 heavy (non-hydrogen) atoms. The predicted octanol–water partition coefficient (Wildman–Crippen LogP) is 1.30. The summed E-state index contributed by atoms with van der Waals surface area (Å²) in [6.07, 6.45) is 0.594. The molecule has 0 unspecified atom stereocenters. The van der Waals surface area contributed by atoms with Gasteiger partial charge < -0.3 is 46.0 Å². The molecule has 0 atom stereocenters.